The number of carbonyl (C=O) groups excluding carboxylic acids is 1. The van der Waals surface area contributed by atoms with E-state index in [0.29, 0.717) is 25.6 Å². The molecule has 0 aliphatic rings. The molecule has 0 fully saturated rings. The summed E-state index contributed by atoms with van der Waals surface area (Å²) in [5.41, 5.74) is 1.51. The molecule has 0 saturated heterocycles. The summed E-state index contributed by atoms with van der Waals surface area (Å²) in [6, 6.07) is 10.9. The molecule has 1 N–H and O–H groups in total. The number of hydrogen-bond donors (Lipinski definition) is 1. The van der Waals surface area contributed by atoms with Gasteiger partial charge >= 0.3 is 0 Å². The molecule has 2 aromatic carbocycles. The van der Waals surface area contributed by atoms with Gasteiger partial charge in [0.2, 0.25) is 0 Å². The largest absolute Gasteiger partial charge is 0.319 e. The Morgan fingerprint density at radius 2 is 1.77 bits per heavy atom. The Morgan fingerprint density at radius 1 is 1.09 bits per heavy atom. The molecule has 6 heteroatoms. The Balaban J connectivity index is 2.01. The monoisotopic (exact) mass is 369 g/mol. The highest BCUT2D eigenvalue weighted by atomic mass is 35.5. The Kier molecular flexibility index (Phi) is 4.33. The lowest BCUT2D eigenvalue weighted by Crippen LogP contribution is -2.11. The van der Waals surface area contributed by atoms with Gasteiger partial charge in [0.25, 0.3) is 5.91 Å². The van der Waals surface area contributed by atoms with Crippen LogP contribution in [0.3, 0.4) is 0 Å². The van der Waals surface area contributed by atoms with Crippen molar-refractivity contribution < 1.29 is 4.79 Å². The third-order valence-corrected chi connectivity index (χ3v) is 5.48. The Labute approximate surface area is 146 Å². The van der Waals surface area contributed by atoms with E-state index in [9.17, 15) is 4.79 Å². The lowest BCUT2D eigenvalue weighted by atomic mass is 10.2. The normalized spacial score (nSPS) is 10.9. The SMILES string of the molecule is Cc1ccc2c(Cl)c(C(=O)Nc3c(Cl)cccc3Cl)sc2c1. The van der Waals surface area contributed by atoms with Gasteiger partial charge in [-0.2, -0.15) is 0 Å². The minimum atomic E-state index is -0.321. The quantitative estimate of drug-likeness (QED) is 0.554. The van der Waals surface area contributed by atoms with E-state index in [2.05, 4.69) is 5.32 Å². The molecule has 0 unspecified atom stereocenters. The van der Waals surface area contributed by atoms with Crippen LogP contribution in [-0.4, -0.2) is 5.91 Å². The van der Waals surface area contributed by atoms with Gasteiger partial charge in [-0.3, -0.25) is 4.79 Å². The van der Waals surface area contributed by atoms with Crippen LogP contribution in [0.4, 0.5) is 5.69 Å². The van der Waals surface area contributed by atoms with Crippen LogP contribution < -0.4 is 5.32 Å². The highest BCUT2D eigenvalue weighted by molar-refractivity contribution is 7.21. The predicted molar refractivity (Wildman–Crippen MR) is 96.0 cm³/mol. The number of benzene rings is 2. The van der Waals surface area contributed by atoms with E-state index < -0.39 is 0 Å². The molecule has 0 aliphatic heterocycles. The van der Waals surface area contributed by atoms with E-state index in [-0.39, 0.29) is 5.91 Å². The number of thiophene rings is 1. The van der Waals surface area contributed by atoms with Crippen LogP contribution in [0.25, 0.3) is 10.1 Å². The second kappa shape index (κ2) is 6.09. The number of nitrogens with one attached hydrogen (secondary N) is 1. The number of aryl methyl sites for hydroxylation is 1. The van der Waals surface area contributed by atoms with Crippen molar-refractivity contribution in [3.05, 3.63) is 61.9 Å². The van der Waals surface area contributed by atoms with Gasteiger partial charge in [0, 0.05) is 10.1 Å². The fraction of sp³-hybridized carbons (Fsp3) is 0.0625. The van der Waals surface area contributed by atoms with Crippen LogP contribution in [0, 0.1) is 6.92 Å². The molecular weight excluding hydrogens is 361 g/mol. The number of fused-ring (bicyclic) bond motifs is 1. The van der Waals surface area contributed by atoms with E-state index in [1.807, 2.05) is 25.1 Å². The van der Waals surface area contributed by atoms with Crippen LogP contribution >= 0.6 is 46.1 Å². The third kappa shape index (κ3) is 2.82. The molecule has 0 radical (unpaired) electrons. The van der Waals surface area contributed by atoms with Crippen molar-refractivity contribution in [1.82, 2.24) is 0 Å². The van der Waals surface area contributed by atoms with Crippen molar-refractivity contribution >= 4 is 67.8 Å². The van der Waals surface area contributed by atoms with Crippen LogP contribution in [-0.2, 0) is 0 Å². The molecule has 1 amide bonds. The van der Waals surface area contributed by atoms with Crippen LogP contribution in [0.1, 0.15) is 15.2 Å². The summed E-state index contributed by atoms with van der Waals surface area (Å²) in [5, 5.41) is 4.81. The number of amides is 1. The molecule has 0 aliphatic carbocycles. The molecule has 0 atom stereocenters. The molecule has 3 rings (SSSR count). The first kappa shape index (κ1) is 15.6. The Morgan fingerprint density at radius 3 is 2.45 bits per heavy atom. The fourth-order valence-electron chi connectivity index (χ4n) is 2.11. The van der Waals surface area contributed by atoms with Gasteiger partial charge in [0.05, 0.1) is 20.8 Å². The maximum absolute atomic E-state index is 12.5. The molecule has 0 spiro atoms. The minimum absolute atomic E-state index is 0.321. The fourth-order valence-corrected chi connectivity index (χ4v) is 4.11. The standard InChI is InChI=1S/C16H10Cl3NOS/c1-8-5-6-9-12(7-8)22-15(13(9)19)16(21)20-14-10(17)3-2-4-11(14)18/h2-7H,1H3,(H,20,21). The highest BCUT2D eigenvalue weighted by Gasteiger charge is 2.19. The number of para-hydroxylation sites is 1. The van der Waals surface area contributed by atoms with Crippen molar-refractivity contribution in [3.8, 4) is 0 Å². The van der Waals surface area contributed by atoms with Crippen molar-refractivity contribution in [2.24, 2.45) is 0 Å². The van der Waals surface area contributed by atoms with Gasteiger partial charge in [-0.25, -0.2) is 0 Å². The van der Waals surface area contributed by atoms with Crippen LogP contribution in [0.15, 0.2) is 36.4 Å². The number of anilines is 1. The highest BCUT2D eigenvalue weighted by Crippen LogP contribution is 2.37. The summed E-state index contributed by atoms with van der Waals surface area (Å²) >= 11 is 19.8. The number of halogens is 3. The summed E-state index contributed by atoms with van der Waals surface area (Å²) in [4.78, 5) is 12.9. The molecule has 0 bridgehead atoms. The van der Waals surface area contributed by atoms with Crippen molar-refractivity contribution in [1.29, 1.82) is 0 Å². The zero-order chi connectivity index (χ0) is 15.9. The van der Waals surface area contributed by atoms with Gasteiger partial charge < -0.3 is 5.32 Å². The molecule has 1 aromatic heterocycles. The predicted octanol–water partition coefficient (Wildman–Crippen LogP) is 6.42. The lowest BCUT2D eigenvalue weighted by molar-refractivity contribution is 0.103. The molecule has 22 heavy (non-hydrogen) atoms. The van der Waals surface area contributed by atoms with Crippen LogP contribution in [0.2, 0.25) is 15.1 Å². The van der Waals surface area contributed by atoms with Gasteiger partial charge in [0.15, 0.2) is 0 Å². The smallest absolute Gasteiger partial charge is 0.267 e. The second-order valence-corrected chi connectivity index (χ2v) is 7.04. The summed E-state index contributed by atoms with van der Waals surface area (Å²) in [6.45, 7) is 2.00. The molecule has 2 nitrogen and oxygen atoms in total. The van der Waals surface area contributed by atoms with Crippen molar-refractivity contribution in [2.75, 3.05) is 5.32 Å². The topological polar surface area (TPSA) is 29.1 Å². The van der Waals surface area contributed by atoms with E-state index in [4.69, 9.17) is 34.8 Å². The second-order valence-electron chi connectivity index (χ2n) is 4.80. The van der Waals surface area contributed by atoms with Gasteiger partial charge in [-0.1, -0.05) is 53.0 Å². The van der Waals surface area contributed by atoms with E-state index in [1.165, 1.54) is 11.3 Å². The van der Waals surface area contributed by atoms with E-state index in [0.717, 1.165) is 15.6 Å². The summed E-state index contributed by atoms with van der Waals surface area (Å²) < 4.78 is 0.973. The zero-order valence-corrected chi connectivity index (χ0v) is 14.5. The summed E-state index contributed by atoms with van der Waals surface area (Å²) in [7, 11) is 0. The molecule has 3 aromatic rings. The third-order valence-electron chi connectivity index (χ3n) is 3.19. The lowest BCUT2D eigenvalue weighted by Gasteiger charge is -2.08. The molecular formula is C16H10Cl3NOS. The summed E-state index contributed by atoms with van der Waals surface area (Å²) in [5.74, 6) is -0.321. The average Bonchev–Trinajstić information content (AvgIpc) is 2.79. The van der Waals surface area contributed by atoms with Crippen molar-refractivity contribution in [3.63, 3.8) is 0 Å². The van der Waals surface area contributed by atoms with E-state index >= 15 is 0 Å². The first-order valence-electron chi connectivity index (χ1n) is 6.41. The van der Waals surface area contributed by atoms with Gasteiger partial charge in [0.1, 0.15) is 4.88 Å². The minimum Gasteiger partial charge on any atom is -0.319 e. The zero-order valence-electron chi connectivity index (χ0n) is 11.4. The van der Waals surface area contributed by atoms with Crippen LogP contribution in [0.5, 0.6) is 0 Å². The van der Waals surface area contributed by atoms with Gasteiger partial charge in [-0.05, 0) is 30.7 Å². The Hall–Kier alpha value is -1.26. The van der Waals surface area contributed by atoms with E-state index in [1.54, 1.807) is 18.2 Å². The summed E-state index contributed by atoms with van der Waals surface area (Å²) in [6.07, 6.45) is 0. The number of hydrogen-bond acceptors (Lipinski definition) is 2. The maximum Gasteiger partial charge on any atom is 0.267 e. The molecule has 112 valence electrons. The number of rotatable bonds is 2. The maximum atomic E-state index is 12.5. The Bertz CT molecular complexity index is 868. The van der Waals surface area contributed by atoms with Crippen molar-refractivity contribution in [2.45, 2.75) is 6.92 Å². The first-order valence-corrected chi connectivity index (χ1v) is 8.36. The average molecular weight is 371 g/mol. The molecule has 0 saturated carbocycles. The first-order chi connectivity index (χ1) is 10.5. The molecule has 1 heterocycles. The van der Waals surface area contributed by atoms with Gasteiger partial charge in [-0.15, -0.1) is 11.3 Å². The number of carbonyl (C=O) groups is 1.